The number of ether oxygens (including phenoxy) is 1. The standard InChI is InChI=1S/C43H84O2/c1-3-5-6-7-8-9-10-11-12-13-14-15-16-17-18-19-20-21-22-23-24-25-26-27-28-29-30-31-32-33-34-35-36-37-38-39-40-41-42-45-43(44)4-2/h4H,2-3,5-42H2,1H3. The van der Waals surface area contributed by atoms with Crippen molar-refractivity contribution in [2.75, 3.05) is 6.61 Å². The molecule has 45 heavy (non-hydrogen) atoms. The lowest BCUT2D eigenvalue weighted by Gasteiger charge is -2.05. The van der Waals surface area contributed by atoms with E-state index in [1.165, 1.54) is 244 Å². The average Bonchev–Trinajstić information content (AvgIpc) is 3.05. The third-order valence-electron chi connectivity index (χ3n) is 9.91. The van der Waals surface area contributed by atoms with Gasteiger partial charge in [0.1, 0.15) is 0 Å². The van der Waals surface area contributed by atoms with E-state index in [1.807, 2.05) is 0 Å². The van der Waals surface area contributed by atoms with Crippen molar-refractivity contribution in [1.82, 2.24) is 0 Å². The summed E-state index contributed by atoms with van der Waals surface area (Å²) in [6.07, 6.45) is 55.7. The second-order valence-electron chi connectivity index (χ2n) is 14.5. The molecule has 0 aromatic heterocycles. The molecule has 0 fully saturated rings. The molecule has 0 unspecified atom stereocenters. The summed E-state index contributed by atoms with van der Waals surface area (Å²) in [5.41, 5.74) is 0. The van der Waals surface area contributed by atoms with Gasteiger partial charge >= 0.3 is 5.97 Å². The predicted molar refractivity (Wildman–Crippen MR) is 202 cm³/mol. The fraction of sp³-hybridized carbons (Fsp3) is 0.930. The highest BCUT2D eigenvalue weighted by Gasteiger charge is 1.98. The highest BCUT2D eigenvalue weighted by atomic mass is 16.5. The zero-order valence-electron chi connectivity index (χ0n) is 31.2. The summed E-state index contributed by atoms with van der Waals surface area (Å²) in [5, 5.41) is 0. The van der Waals surface area contributed by atoms with Crippen molar-refractivity contribution in [3.63, 3.8) is 0 Å². The molecule has 2 nitrogen and oxygen atoms in total. The minimum atomic E-state index is -0.295. The first-order chi connectivity index (χ1) is 22.3. The van der Waals surface area contributed by atoms with Crippen LogP contribution in [-0.2, 0) is 9.53 Å². The van der Waals surface area contributed by atoms with Gasteiger partial charge in [0.25, 0.3) is 0 Å². The van der Waals surface area contributed by atoms with Gasteiger partial charge in [-0.15, -0.1) is 0 Å². The van der Waals surface area contributed by atoms with Crippen molar-refractivity contribution in [3.05, 3.63) is 12.7 Å². The molecule has 0 heterocycles. The number of esters is 1. The molecule has 0 radical (unpaired) electrons. The maximum atomic E-state index is 11.0. The normalized spacial score (nSPS) is 11.3. The van der Waals surface area contributed by atoms with Crippen LogP contribution in [0.15, 0.2) is 12.7 Å². The summed E-state index contributed by atoms with van der Waals surface area (Å²) in [4.78, 5) is 11.0. The monoisotopic (exact) mass is 633 g/mol. The van der Waals surface area contributed by atoms with Crippen molar-refractivity contribution in [2.45, 2.75) is 251 Å². The molecule has 268 valence electrons. The topological polar surface area (TPSA) is 26.3 Å². The molecule has 0 saturated heterocycles. The Morgan fingerprint density at radius 2 is 0.533 bits per heavy atom. The molecule has 0 saturated carbocycles. The maximum absolute atomic E-state index is 11.0. The van der Waals surface area contributed by atoms with Gasteiger partial charge in [0, 0.05) is 6.08 Å². The molecule has 0 aliphatic carbocycles. The Hall–Kier alpha value is -0.790. The first kappa shape index (κ1) is 44.2. The molecule has 0 atom stereocenters. The summed E-state index contributed by atoms with van der Waals surface area (Å²) in [5.74, 6) is -0.295. The van der Waals surface area contributed by atoms with Gasteiger partial charge in [-0.05, 0) is 6.42 Å². The Morgan fingerprint density at radius 3 is 0.711 bits per heavy atom. The lowest BCUT2D eigenvalue weighted by molar-refractivity contribution is -0.137. The van der Waals surface area contributed by atoms with Gasteiger partial charge in [-0.3, -0.25) is 0 Å². The second kappa shape index (κ2) is 41.2. The highest BCUT2D eigenvalue weighted by molar-refractivity contribution is 5.81. The summed E-state index contributed by atoms with van der Waals surface area (Å²) in [7, 11) is 0. The van der Waals surface area contributed by atoms with Gasteiger partial charge in [0.15, 0.2) is 0 Å². The number of hydrogen-bond donors (Lipinski definition) is 0. The zero-order valence-corrected chi connectivity index (χ0v) is 31.2. The van der Waals surface area contributed by atoms with E-state index in [2.05, 4.69) is 13.5 Å². The third-order valence-corrected chi connectivity index (χ3v) is 9.91. The van der Waals surface area contributed by atoms with E-state index >= 15 is 0 Å². The van der Waals surface area contributed by atoms with Crippen LogP contribution in [0.25, 0.3) is 0 Å². The van der Waals surface area contributed by atoms with Crippen molar-refractivity contribution in [3.8, 4) is 0 Å². The van der Waals surface area contributed by atoms with Crippen molar-refractivity contribution in [1.29, 1.82) is 0 Å². The van der Waals surface area contributed by atoms with E-state index in [1.54, 1.807) is 0 Å². The van der Waals surface area contributed by atoms with Crippen molar-refractivity contribution < 1.29 is 9.53 Å². The lowest BCUT2D eigenvalue weighted by Crippen LogP contribution is -2.01. The van der Waals surface area contributed by atoms with Gasteiger partial charge in [-0.1, -0.05) is 251 Å². The molecular weight excluding hydrogens is 548 g/mol. The van der Waals surface area contributed by atoms with Crippen molar-refractivity contribution >= 4 is 5.97 Å². The van der Waals surface area contributed by atoms with Crippen LogP contribution < -0.4 is 0 Å². The van der Waals surface area contributed by atoms with Crippen LogP contribution in [0.2, 0.25) is 0 Å². The minimum Gasteiger partial charge on any atom is -0.463 e. The first-order valence-electron chi connectivity index (χ1n) is 21.1. The van der Waals surface area contributed by atoms with Crippen LogP contribution in [-0.4, -0.2) is 12.6 Å². The number of carbonyl (C=O) groups is 1. The van der Waals surface area contributed by atoms with Gasteiger partial charge < -0.3 is 4.74 Å². The SMILES string of the molecule is C=CC(=O)OCCCCCCCCCCCCCCCCCCCCCCCCCCCCCCCCCCCCCCCC. The summed E-state index contributed by atoms with van der Waals surface area (Å²) in [6.45, 7) is 6.27. The summed E-state index contributed by atoms with van der Waals surface area (Å²) < 4.78 is 5.01. The molecule has 0 bridgehead atoms. The second-order valence-corrected chi connectivity index (χ2v) is 14.5. The Bertz CT molecular complexity index is 556. The van der Waals surface area contributed by atoms with Crippen LogP contribution in [0.3, 0.4) is 0 Å². The van der Waals surface area contributed by atoms with Crippen LogP contribution in [0.4, 0.5) is 0 Å². The average molecular weight is 633 g/mol. The third kappa shape index (κ3) is 41.2. The molecule has 2 heteroatoms. The molecule has 0 aromatic carbocycles. The largest absolute Gasteiger partial charge is 0.463 e. The Balaban J connectivity index is 3.05. The van der Waals surface area contributed by atoms with Crippen LogP contribution in [0, 0.1) is 0 Å². The Morgan fingerprint density at radius 1 is 0.356 bits per heavy atom. The molecule has 0 aliphatic rings. The van der Waals surface area contributed by atoms with Gasteiger partial charge in [0.05, 0.1) is 6.61 Å². The molecule has 0 aliphatic heterocycles. The summed E-state index contributed by atoms with van der Waals surface area (Å²) in [6, 6.07) is 0. The molecular formula is C43H84O2. The van der Waals surface area contributed by atoms with Gasteiger partial charge in [-0.25, -0.2) is 4.79 Å². The molecule has 0 amide bonds. The van der Waals surface area contributed by atoms with Crippen LogP contribution in [0.5, 0.6) is 0 Å². The Labute approximate surface area is 285 Å². The molecule has 0 N–H and O–H groups in total. The fourth-order valence-electron chi connectivity index (χ4n) is 6.77. The first-order valence-corrected chi connectivity index (χ1v) is 21.1. The fourth-order valence-corrected chi connectivity index (χ4v) is 6.77. The van der Waals surface area contributed by atoms with E-state index in [0.29, 0.717) is 6.61 Å². The van der Waals surface area contributed by atoms with Gasteiger partial charge in [0.2, 0.25) is 0 Å². The number of hydrogen-bond acceptors (Lipinski definition) is 2. The van der Waals surface area contributed by atoms with E-state index in [-0.39, 0.29) is 5.97 Å². The molecule has 0 rings (SSSR count). The maximum Gasteiger partial charge on any atom is 0.330 e. The quantitative estimate of drug-likeness (QED) is 0.0381. The number of carbonyl (C=O) groups excluding carboxylic acids is 1. The lowest BCUT2D eigenvalue weighted by atomic mass is 10.0. The number of unbranched alkanes of at least 4 members (excludes halogenated alkanes) is 37. The number of rotatable bonds is 40. The van der Waals surface area contributed by atoms with E-state index in [0.717, 1.165) is 6.42 Å². The zero-order chi connectivity index (χ0) is 32.6. The predicted octanol–water partition coefficient (Wildman–Crippen LogP) is 15.6. The molecule has 0 aromatic rings. The Kier molecular flexibility index (Phi) is 40.5. The van der Waals surface area contributed by atoms with Gasteiger partial charge in [-0.2, -0.15) is 0 Å². The van der Waals surface area contributed by atoms with Crippen molar-refractivity contribution in [2.24, 2.45) is 0 Å². The molecule has 0 spiro atoms. The van der Waals surface area contributed by atoms with E-state index in [9.17, 15) is 4.79 Å². The minimum absolute atomic E-state index is 0.295. The van der Waals surface area contributed by atoms with Crippen LogP contribution in [0.1, 0.15) is 251 Å². The highest BCUT2D eigenvalue weighted by Crippen LogP contribution is 2.17. The summed E-state index contributed by atoms with van der Waals surface area (Å²) >= 11 is 0. The smallest absolute Gasteiger partial charge is 0.330 e. The van der Waals surface area contributed by atoms with Crippen LogP contribution >= 0.6 is 0 Å². The van der Waals surface area contributed by atoms with E-state index in [4.69, 9.17) is 4.74 Å². The van der Waals surface area contributed by atoms with E-state index < -0.39 is 0 Å².